The normalized spacial score (nSPS) is 11.6. The zero-order chi connectivity index (χ0) is 22.4. The minimum Gasteiger partial charge on any atom is -0.484 e. The van der Waals surface area contributed by atoms with E-state index in [0.717, 1.165) is 16.3 Å². The van der Waals surface area contributed by atoms with E-state index in [1.807, 2.05) is 56.3 Å². The van der Waals surface area contributed by atoms with Crippen LogP contribution in [-0.2, 0) is 21.4 Å². The van der Waals surface area contributed by atoms with Crippen LogP contribution in [0, 0.1) is 12.8 Å². The Bertz CT molecular complexity index is 1170. The van der Waals surface area contributed by atoms with Gasteiger partial charge in [-0.25, -0.2) is 13.1 Å². The number of benzene rings is 3. The first kappa shape index (κ1) is 22.8. The molecule has 164 valence electrons. The molecule has 3 rings (SSSR count). The molecule has 6 nitrogen and oxygen atoms in total. The average molecular weight is 441 g/mol. The highest BCUT2D eigenvalue weighted by atomic mass is 32.2. The lowest BCUT2D eigenvalue weighted by molar-refractivity contribution is -0.123. The molecule has 0 aliphatic heterocycles. The summed E-state index contributed by atoms with van der Waals surface area (Å²) in [6, 6.07) is 18.6. The minimum absolute atomic E-state index is 0.150. The van der Waals surface area contributed by atoms with Gasteiger partial charge in [0, 0.05) is 13.1 Å². The Kier molecular flexibility index (Phi) is 7.30. The quantitative estimate of drug-likeness (QED) is 0.530. The maximum atomic E-state index is 12.4. The zero-order valence-electron chi connectivity index (χ0n) is 18.0. The fourth-order valence-electron chi connectivity index (χ4n) is 3.15. The van der Waals surface area contributed by atoms with Crippen LogP contribution in [0.5, 0.6) is 5.75 Å². The predicted molar refractivity (Wildman–Crippen MR) is 122 cm³/mol. The molecule has 0 bridgehead atoms. The molecule has 0 unspecified atom stereocenters. The fourth-order valence-corrected chi connectivity index (χ4v) is 4.44. The summed E-state index contributed by atoms with van der Waals surface area (Å²) < 4.78 is 32.9. The number of ether oxygens (including phenoxy) is 1. The number of hydrogen-bond acceptors (Lipinski definition) is 4. The average Bonchev–Trinajstić information content (AvgIpc) is 2.75. The second kappa shape index (κ2) is 9.94. The molecule has 0 atom stereocenters. The predicted octanol–water partition coefficient (Wildman–Crippen LogP) is 3.78. The molecule has 0 aliphatic carbocycles. The van der Waals surface area contributed by atoms with Gasteiger partial charge in [0.25, 0.3) is 5.91 Å². The third-order valence-corrected chi connectivity index (χ3v) is 6.27. The molecule has 0 saturated heterocycles. The van der Waals surface area contributed by atoms with Crippen molar-refractivity contribution in [3.63, 3.8) is 0 Å². The monoisotopic (exact) mass is 440 g/mol. The van der Waals surface area contributed by atoms with Gasteiger partial charge in [-0.05, 0) is 52.9 Å². The number of carbonyl (C=O) groups is 1. The molecule has 0 aromatic heterocycles. The molecule has 0 heterocycles. The number of hydrogen-bond donors (Lipinski definition) is 2. The summed E-state index contributed by atoms with van der Waals surface area (Å²) in [6.07, 6.45) is 0. The van der Waals surface area contributed by atoms with E-state index in [1.54, 1.807) is 19.1 Å². The summed E-state index contributed by atoms with van der Waals surface area (Å²) >= 11 is 0. The lowest BCUT2D eigenvalue weighted by Gasteiger charge is -2.13. The van der Waals surface area contributed by atoms with Gasteiger partial charge in [0.05, 0.1) is 4.90 Å². The Balaban J connectivity index is 1.57. The summed E-state index contributed by atoms with van der Waals surface area (Å²) in [5, 5.41) is 5.10. The minimum atomic E-state index is -3.57. The van der Waals surface area contributed by atoms with Crippen molar-refractivity contribution in [1.29, 1.82) is 0 Å². The van der Waals surface area contributed by atoms with Crippen molar-refractivity contribution in [2.45, 2.75) is 32.2 Å². The van der Waals surface area contributed by atoms with Gasteiger partial charge in [-0.3, -0.25) is 4.79 Å². The number of fused-ring (bicyclic) bond motifs is 1. The number of amides is 1. The smallest absolute Gasteiger partial charge is 0.258 e. The third-order valence-electron chi connectivity index (χ3n) is 4.85. The van der Waals surface area contributed by atoms with Gasteiger partial charge in [0.2, 0.25) is 10.0 Å². The third kappa shape index (κ3) is 6.06. The first-order chi connectivity index (χ1) is 14.8. The van der Waals surface area contributed by atoms with Crippen LogP contribution in [0.25, 0.3) is 10.8 Å². The van der Waals surface area contributed by atoms with E-state index >= 15 is 0 Å². The summed E-state index contributed by atoms with van der Waals surface area (Å²) in [6.45, 7) is 6.26. The van der Waals surface area contributed by atoms with E-state index in [4.69, 9.17) is 4.74 Å². The van der Waals surface area contributed by atoms with Crippen molar-refractivity contribution in [3.05, 3.63) is 71.8 Å². The van der Waals surface area contributed by atoms with Crippen LogP contribution in [-0.4, -0.2) is 27.5 Å². The zero-order valence-corrected chi connectivity index (χ0v) is 18.8. The van der Waals surface area contributed by atoms with Gasteiger partial charge in [-0.1, -0.05) is 56.3 Å². The SMILES string of the molecule is Cc1cc(S(=O)(=O)NCC(C)C)ccc1OCC(=O)NCc1cccc2ccccc12. The van der Waals surface area contributed by atoms with E-state index in [2.05, 4.69) is 10.0 Å². The van der Waals surface area contributed by atoms with Crippen LogP contribution >= 0.6 is 0 Å². The first-order valence-corrected chi connectivity index (χ1v) is 11.7. The molecule has 0 radical (unpaired) electrons. The molecule has 3 aromatic carbocycles. The molecular weight excluding hydrogens is 412 g/mol. The van der Waals surface area contributed by atoms with Crippen molar-refractivity contribution in [2.75, 3.05) is 13.2 Å². The lowest BCUT2D eigenvalue weighted by atomic mass is 10.0. The van der Waals surface area contributed by atoms with Crippen LogP contribution in [0.1, 0.15) is 25.0 Å². The highest BCUT2D eigenvalue weighted by Gasteiger charge is 2.16. The molecule has 0 saturated carbocycles. The highest BCUT2D eigenvalue weighted by molar-refractivity contribution is 7.89. The molecule has 0 fully saturated rings. The summed E-state index contributed by atoms with van der Waals surface area (Å²) in [5.41, 5.74) is 1.68. The van der Waals surface area contributed by atoms with Gasteiger partial charge in [-0.15, -0.1) is 0 Å². The Morgan fingerprint density at radius 3 is 2.52 bits per heavy atom. The van der Waals surface area contributed by atoms with Crippen LogP contribution in [0.4, 0.5) is 0 Å². The Labute approximate surface area is 183 Å². The van der Waals surface area contributed by atoms with Gasteiger partial charge in [0.1, 0.15) is 5.75 Å². The van der Waals surface area contributed by atoms with Gasteiger partial charge < -0.3 is 10.1 Å². The topological polar surface area (TPSA) is 84.5 Å². The maximum Gasteiger partial charge on any atom is 0.258 e. The molecular formula is C24H28N2O4S. The molecule has 0 spiro atoms. The number of rotatable bonds is 9. The number of sulfonamides is 1. The Morgan fingerprint density at radius 1 is 1.03 bits per heavy atom. The molecule has 3 aromatic rings. The second-order valence-corrected chi connectivity index (χ2v) is 9.64. The van der Waals surface area contributed by atoms with Gasteiger partial charge in [-0.2, -0.15) is 0 Å². The number of carbonyl (C=O) groups excluding carboxylic acids is 1. The fraction of sp³-hybridized carbons (Fsp3) is 0.292. The van der Waals surface area contributed by atoms with Crippen molar-refractivity contribution >= 4 is 26.7 Å². The number of nitrogens with one attached hydrogen (secondary N) is 2. The van der Waals surface area contributed by atoms with E-state index in [9.17, 15) is 13.2 Å². The number of aryl methyl sites for hydroxylation is 1. The molecule has 31 heavy (non-hydrogen) atoms. The van der Waals surface area contributed by atoms with Crippen molar-refractivity contribution in [1.82, 2.24) is 10.0 Å². The standard InChI is InChI=1S/C24H28N2O4S/c1-17(2)14-26-31(28,29)21-11-12-23(18(3)13-21)30-16-24(27)25-15-20-9-6-8-19-7-4-5-10-22(19)20/h4-13,17,26H,14-16H2,1-3H3,(H,25,27). The lowest BCUT2D eigenvalue weighted by Crippen LogP contribution is -2.29. The first-order valence-electron chi connectivity index (χ1n) is 10.2. The van der Waals surface area contributed by atoms with Crippen LogP contribution in [0.15, 0.2) is 65.6 Å². The van der Waals surface area contributed by atoms with Crippen LogP contribution < -0.4 is 14.8 Å². The molecule has 0 aliphatic rings. The maximum absolute atomic E-state index is 12.4. The summed E-state index contributed by atoms with van der Waals surface area (Å²) in [4.78, 5) is 12.4. The molecule has 7 heteroatoms. The highest BCUT2D eigenvalue weighted by Crippen LogP contribution is 2.22. The van der Waals surface area contributed by atoms with Crippen LogP contribution in [0.2, 0.25) is 0 Å². The van der Waals surface area contributed by atoms with Crippen LogP contribution in [0.3, 0.4) is 0 Å². The summed E-state index contributed by atoms with van der Waals surface area (Å²) in [5.74, 6) is 0.441. The van der Waals surface area contributed by atoms with E-state index < -0.39 is 10.0 Å². The largest absolute Gasteiger partial charge is 0.484 e. The Hall–Kier alpha value is -2.90. The van der Waals surface area contributed by atoms with E-state index in [-0.39, 0.29) is 23.3 Å². The van der Waals surface area contributed by atoms with Gasteiger partial charge in [0.15, 0.2) is 6.61 Å². The van der Waals surface area contributed by atoms with Crippen molar-refractivity contribution < 1.29 is 17.9 Å². The molecule has 1 amide bonds. The molecule has 2 N–H and O–H groups in total. The van der Waals surface area contributed by atoms with Gasteiger partial charge >= 0.3 is 0 Å². The van der Waals surface area contributed by atoms with E-state index in [0.29, 0.717) is 24.4 Å². The van der Waals surface area contributed by atoms with E-state index in [1.165, 1.54) is 6.07 Å². The second-order valence-electron chi connectivity index (χ2n) is 7.88. The summed E-state index contributed by atoms with van der Waals surface area (Å²) in [7, 11) is -3.57. The van der Waals surface area contributed by atoms with Crippen molar-refractivity contribution in [3.8, 4) is 5.75 Å². The van der Waals surface area contributed by atoms with Crippen molar-refractivity contribution in [2.24, 2.45) is 5.92 Å². The Morgan fingerprint density at radius 2 is 1.77 bits per heavy atom.